The highest BCUT2D eigenvalue weighted by atomic mass is 32.2. The first-order valence-corrected chi connectivity index (χ1v) is 10.2. The minimum absolute atomic E-state index is 0.374. The van der Waals surface area contributed by atoms with Gasteiger partial charge in [0.25, 0.3) is 0 Å². The summed E-state index contributed by atoms with van der Waals surface area (Å²) in [6, 6.07) is 9.47. The van der Waals surface area contributed by atoms with Gasteiger partial charge < -0.3 is 4.90 Å². The van der Waals surface area contributed by atoms with Gasteiger partial charge in [0, 0.05) is 37.7 Å². The summed E-state index contributed by atoms with van der Waals surface area (Å²) in [5.41, 5.74) is 3.05. The molecular formula is C19H25N3O2S. The maximum absolute atomic E-state index is 12.6. The molecule has 0 saturated carbocycles. The maximum Gasteiger partial charge on any atom is 0.240 e. The molecule has 0 aliphatic carbocycles. The van der Waals surface area contributed by atoms with Crippen molar-refractivity contribution in [3.63, 3.8) is 0 Å². The molecule has 1 fully saturated rings. The van der Waals surface area contributed by atoms with E-state index in [0.717, 1.165) is 37.1 Å². The Morgan fingerprint density at radius 3 is 2.44 bits per heavy atom. The second-order valence-electron chi connectivity index (χ2n) is 6.76. The Kier molecular flexibility index (Phi) is 5.39. The van der Waals surface area contributed by atoms with Crippen LogP contribution in [0.5, 0.6) is 0 Å². The van der Waals surface area contributed by atoms with Crippen LogP contribution in [0, 0.1) is 19.8 Å². The molecule has 1 aliphatic rings. The molecule has 2 aromatic rings. The van der Waals surface area contributed by atoms with E-state index in [0.29, 0.717) is 17.4 Å². The Bertz CT molecular complexity index is 814. The molecule has 1 aromatic carbocycles. The number of hydrogen-bond acceptors (Lipinski definition) is 4. The molecule has 0 atom stereocenters. The van der Waals surface area contributed by atoms with Gasteiger partial charge in [-0.3, -0.25) is 4.98 Å². The number of benzene rings is 1. The van der Waals surface area contributed by atoms with Gasteiger partial charge in [-0.1, -0.05) is 17.7 Å². The fraction of sp³-hybridized carbons (Fsp3) is 0.421. The molecule has 6 heteroatoms. The summed E-state index contributed by atoms with van der Waals surface area (Å²) >= 11 is 0. The fourth-order valence-electron chi connectivity index (χ4n) is 3.36. The van der Waals surface area contributed by atoms with Crippen LogP contribution in [0.4, 0.5) is 5.69 Å². The number of aromatic nitrogens is 1. The van der Waals surface area contributed by atoms with Crippen LogP contribution in [0.2, 0.25) is 0 Å². The molecule has 1 N–H and O–H groups in total. The van der Waals surface area contributed by atoms with Crippen molar-refractivity contribution in [1.29, 1.82) is 0 Å². The van der Waals surface area contributed by atoms with Crippen LogP contribution in [-0.4, -0.2) is 33.0 Å². The Labute approximate surface area is 150 Å². The van der Waals surface area contributed by atoms with Gasteiger partial charge in [0.15, 0.2) is 0 Å². The second-order valence-corrected chi connectivity index (χ2v) is 8.49. The van der Waals surface area contributed by atoms with Crippen LogP contribution in [0.25, 0.3) is 0 Å². The van der Waals surface area contributed by atoms with E-state index < -0.39 is 10.0 Å². The Hall–Kier alpha value is -1.92. The van der Waals surface area contributed by atoms with E-state index in [1.54, 1.807) is 18.5 Å². The lowest BCUT2D eigenvalue weighted by Gasteiger charge is -2.33. The smallest absolute Gasteiger partial charge is 0.240 e. The van der Waals surface area contributed by atoms with Crippen LogP contribution in [-0.2, 0) is 10.0 Å². The van der Waals surface area contributed by atoms with Gasteiger partial charge in [-0.05, 0) is 56.4 Å². The second kappa shape index (κ2) is 7.54. The van der Waals surface area contributed by atoms with Crippen molar-refractivity contribution in [2.75, 3.05) is 24.5 Å². The van der Waals surface area contributed by atoms with E-state index in [1.165, 1.54) is 5.69 Å². The molecule has 1 saturated heterocycles. The molecule has 2 heterocycles. The quantitative estimate of drug-likeness (QED) is 0.892. The molecule has 3 rings (SSSR count). The number of rotatable bonds is 5. The average Bonchev–Trinajstić information content (AvgIpc) is 2.61. The van der Waals surface area contributed by atoms with Crippen LogP contribution in [0.3, 0.4) is 0 Å². The minimum Gasteiger partial charge on any atom is -0.371 e. The van der Waals surface area contributed by atoms with Gasteiger partial charge in [0.2, 0.25) is 10.0 Å². The van der Waals surface area contributed by atoms with Crippen molar-refractivity contribution in [1.82, 2.24) is 9.71 Å². The van der Waals surface area contributed by atoms with Gasteiger partial charge in [-0.2, -0.15) is 0 Å². The Morgan fingerprint density at radius 2 is 1.80 bits per heavy atom. The third-order valence-electron chi connectivity index (χ3n) is 4.82. The maximum atomic E-state index is 12.6. The summed E-state index contributed by atoms with van der Waals surface area (Å²) in [6.45, 7) is 6.20. The standard InChI is InChI=1S/C19H25N3O2S/c1-15-3-4-19(16(2)13-15)25(23,24)21-14-17-7-11-22(12-8-17)18-5-9-20-10-6-18/h3-6,9-10,13,17,21H,7-8,11-12,14H2,1-2H3. The lowest BCUT2D eigenvalue weighted by Crippen LogP contribution is -2.38. The predicted octanol–water partition coefficient (Wildman–Crippen LogP) is 2.89. The van der Waals surface area contributed by atoms with Gasteiger partial charge in [0.1, 0.15) is 0 Å². The zero-order valence-corrected chi connectivity index (χ0v) is 15.6. The topological polar surface area (TPSA) is 62.3 Å². The highest BCUT2D eigenvalue weighted by Crippen LogP contribution is 2.23. The summed E-state index contributed by atoms with van der Waals surface area (Å²) in [4.78, 5) is 6.76. The molecule has 134 valence electrons. The highest BCUT2D eigenvalue weighted by molar-refractivity contribution is 7.89. The van der Waals surface area contributed by atoms with E-state index in [-0.39, 0.29) is 0 Å². The van der Waals surface area contributed by atoms with E-state index >= 15 is 0 Å². The average molecular weight is 359 g/mol. The van der Waals surface area contributed by atoms with Crippen molar-refractivity contribution in [3.8, 4) is 0 Å². The number of sulfonamides is 1. The minimum atomic E-state index is -3.44. The van der Waals surface area contributed by atoms with E-state index in [2.05, 4.69) is 14.6 Å². The lowest BCUT2D eigenvalue weighted by molar-refractivity contribution is 0.402. The number of anilines is 1. The monoisotopic (exact) mass is 359 g/mol. The molecule has 0 radical (unpaired) electrons. The molecule has 1 aromatic heterocycles. The fourth-order valence-corrected chi connectivity index (χ4v) is 4.70. The van der Waals surface area contributed by atoms with Gasteiger partial charge >= 0.3 is 0 Å². The summed E-state index contributed by atoms with van der Waals surface area (Å²) < 4.78 is 27.9. The van der Waals surface area contributed by atoms with Crippen LogP contribution >= 0.6 is 0 Å². The molecule has 25 heavy (non-hydrogen) atoms. The van der Waals surface area contributed by atoms with Crippen LogP contribution in [0.1, 0.15) is 24.0 Å². The number of piperidine rings is 1. The van der Waals surface area contributed by atoms with Gasteiger partial charge in [-0.25, -0.2) is 13.1 Å². The van der Waals surface area contributed by atoms with Crippen LogP contribution in [0.15, 0.2) is 47.6 Å². The third kappa shape index (κ3) is 4.38. The summed E-state index contributed by atoms with van der Waals surface area (Å²) in [6.07, 6.45) is 5.58. The summed E-state index contributed by atoms with van der Waals surface area (Å²) in [5, 5.41) is 0. The number of aryl methyl sites for hydroxylation is 2. The largest absolute Gasteiger partial charge is 0.371 e. The van der Waals surface area contributed by atoms with Gasteiger partial charge in [-0.15, -0.1) is 0 Å². The summed E-state index contributed by atoms with van der Waals surface area (Å²) in [7, 11) is -3.44. The van der Waals surface area contributed by atoms with Gasteiger partial charge in [0.05, 0.1) is 4.90 Å². The zero-order valence-electron chi connectivity index (χ0n) is 14.8. The molecule has 0 amide bonds. The Morgan fingerprint density at radius 1 is 1.12 bits per heavy atom. The molecule has 0 bridgehead atoms. The van der Waals surface area contributed by atoms with Crippen molar-refractivity contribution in [3.05, 3.63) is 53.9 Å². The van der Waals surface area contributed by atoms with Crippen molar-refractivity contribution in [2.24, 2.45) is 5.92 Å². The number of nitrogens with one attached hydrogen (secondary N) is 1. The molecule has 5 nitrogen and oxygen atoms in total. The first kappa shape index (κ1) is 17.9. The van der Waals surface area contributed by atoms with Crippen molar-refractivity contribution in [2.45, 2.75) is 31.6 Å². The summed E-state index contributed by atoms with van der Waals surface area (Å²) in [5.74, 6) is 0.374. The SMILES string of the molecule is Cc1ccc(S(=O)(=O)NCC2CCN(c3ccncc3)CC2)c(C)c1. The number of pyridine rings is 1. The van der Waals surface area contributed by atoms with Crippen LogP contribution < -0.4 is 9.62 Å². The molecular weight excluding hydrogens is 334 g/mol. The number of hydrogen-bond donors (Lipinski definition) is 1. The molecule has 1 aliphatic heterocycles. The number of nitrogens with zero attached hydrogens (tertiary/aromatic N) is 2. The molecule has 0 unspecified atom stereocenters. The van der Waals surface area contributed by atoms with E-state index in [4.69, 9.17) is 0 Å². The van der Waals surface area contributed by atoms with E-state index in [9.17, 15) is 8.42 Å². The van der Waals surface area contributed by atoms with Crippen molar-refractivity contribution < 1.29 is 8.42 Å². The van der Waals surface area contributed by atoms with E-state index in [1.807, 2.05) is 38.1 Å². The zero-order chi connectivity index (χ0) is 17.9. The lowest BCUT2D eigenvalue weighted by atomic mass is 9.97. The van der Waals surface area contributed by atoms with Crippen molar-refractivity contribution >= 4 is 15.7 Å². The first-order chi connectivity index (χ1) is 12.0. The third-order valence-corrected chi connectivity index (χ3v) is 6.41. The normalized spacial score (nSPS) is 16.2. The highest BCUT2D eigenvalue weighted by Gasteiger charge is 2.23. The Balaban J connectivity index is 1.56. The molecule has 0 spiro atoms. The first-order valence-electron chi connectivity index (χ1n) is 8.67. The predicted molar refractivity (Wildman–Crippen MR) is 100 cm³/mol.